The molecule has 1 aromatic carbocycles. The molecular weight excluding hydrogens is 287 g/mol. The summed E-state index contributed by atoms with van der Waals surface area (Å²) in [6, 6.07) is 0.768. The minimum absolute atomic E-state index is 0.384. The second-order valence-electron chi connectivity index (χ2n) is 2.65. The lowest BCUT2D eigenvalue weighted by Gasteiger charge is -2.06. The first-order chi connectivity index (χ1) is 7.34. The van der Waals surface area contributed by atoms with Crippen molar-refractivity contribution in [3.05, 3.63) is 39.6 Å². The summed E-state index contributed by atoms with van der Waals surface area (Å²) in [7, 11) is 0. The number of carbonyl (C=O) groups excluding carboxylic acids is 1. The average molecular weight is 289 g/mol. The van der Waals surface area contributed by atoms with E-state index in [9.17, 15) is 18.0 Å². The van der Waals surface area contributed by atoms with Crippen molar-refractivity contribution in [1.82, 2.24) is 0 Å². The summed E-state index contributed by atoms with van der Waals surface area (Å²) < 4.78 is 38.4. The number of benzene rings is 1. The van der Waals surface area contributed by atoms with Crippen molar-refractivity contribution in [2.75, 3.05) is 0 Å². The summed E-state index contributed by atoms with van der Waals surface area (Å²) in [5.41, 5.74) is -1.61. The van der Waals surface area contributed by atoms with Crippen LogP contribution in [0.5, 0.6) is 0 Å². The number of rotatable bonds is 2. The molecule has 0 aliphatic rings. The van der Waals surface area contributed by atoms with Crippen LogP contribution in [0.4, 0.5) is 13.2 Å². The Balaban J connectivity index is 3.55. The summed E-state index contributed by atoms with van der Waals surface area (Å²) in [5.74, 6) is -3.77. The highest BCUT2D eigenvalue weighted by molar-refractivity contribution is 6.78. The van der Waals surface area contributed by atoms with Gasteiger partial charge in [-0.05, 0) is 11.6 Å². The molecule has 0 fully saturated rings. The molecule has 0 atom stereocenters. The molecule has 0 aliphatic heterocycles. The highest BCUT2D eigenvalue weighted by Crippen LogP contribution is 2.30. The van der Waals surface area contributed by atoms with E-state index >= 15 is 0 Å². The van der Waals surface area contributed by atoms with E-state index in [1.165, 1.54) is 0 Å². The lowest BCUT2D eigenvalue weighted by molar-refractivity contribution is -0.106. The van der Waals surface area contributed by atoms with Crippen LogP contribution in [0.15, 0.2) is 16.6 Å². The zero-order chi connectivity index (χ0) is 12.5. The molecule has 0 heterocycles. The molecule has 0 amide bonds. The van der Waals surface area contributed by atoms with Crippen LogP contribution in [0.25, 0.3) is 5.57 Å². The van der Waals surface area contributed by atoms with Gasteiger partial charge in [0.1, 0.15) is 21.9 Å². The van der Waals surface area contributed by atoms with Crippen molar-refractivity contribution in [2.45, 2.75) is 0 Å². The van der Waals surface area contributed by atoms with Crippen LogP contribution in [-0.4, -0.2) is 5.24 Å². The third-order valence-electron chi connectivity index (χ3n) is 1.64. The lowest BCUT2D eigenvalue weighted by Crippen LogP contribution is -2.02. The van der Waals surface area contributed by atoms with E-state index in [1.54, 1.807) is 0 Å². The average Bonchev–Trinajstić information content (AvgIpc) is 2.09. The van der Waals surface area contributed by atoms with Crippen LogP contribution < -0.4 is 0 Å². The molecule has 16 heavy (non-hydrogen) atoms. The number of halogens is 6. The Kier molecular flexibility index (Phi) is 4.24. The molecule has 0 radical (unpaired) electrons. The largest absolute Gasteiger partial charge is 0.275 e. The quantitative estimate of drug-likeness (QED) is 0.594. The molecule has 0 aromatic heterocycles. The van der Waals surface area contributed by atoms with Gasteiger partial charge in [-0.15, -0.1) is 0 Å². The normalized spacial score (nSPS) is 10.1. The first-order valence-electron chi connectivity index (χ1n) is 3.74. The number of carbonyl (C=O) groups is 1. The SMILES string of the molecule is O=C(Cl)C(=C(Cl)Cl)c1c(F)cc(F)cc1F. The maximum absolute atomic E-state index is 13.2. The van der Waals surface area contributed by atoms with Crippen molar-refractivity contribution in [3.8, 4) is 0 Å². The monoisotopic (exact) mass is 288 g/mol. The van der Waals surface area contributed by atoms with Gasteiger partial charge in [0, 0.05) is 12.1 Å². The Bertz CT molecular complexity index is 458. The number of hydrogen-bond donors (Lipinski definition) is 0. The van der Waals surface area contributed by atoms with Crippen LogP contribution in [0.2, 0.25) is 0 Å². The van der Waals surface area contributed by atoms with Crippen LogP contribution in [-0.2, 0) is 4.79 Å². The Morgan fingerprint density at radius 1 is 1.00 bits per heavy atom. The minimum Gasteiger partial charge on any atom is -0.275 e. The van der Waals surface area contributed by atoms with Crippen molar-refractivity contribution >= 4 is 45.6 Å². The molecule has 86 valence electrons. The maximum Gasteiger partial charge on any atom is 0.255 e. The summed E-state index contributed by atoms with van der Waals surface area (Å²) >= 11 is 15.6. The van der Waals surface area contributed by atoms with Crippen molar-refractivity contribution in [2.24, 2.45) is 0 Å². The fourth-order valence-corrected chi connectivity index (χ4v) is 1.69. The fourth-order valence-electron chi connectivity index (χ4n) is 1.05. The van der Waals surface area contributed by atoms with Crippen molar-refractivity contribution < 1.29 is 18.0 Å². The van der Waals surface area contributed by atoms with Gasteiger partial charge in [0.2, 0.25) is 0 Å². The van der Waals surface area contributed by atoms with E-state index in [0.29, 0.717) is 12.1 Å². The second-order valence-corrected chi connectivity index (χ2v) is 3.95. The summed E-state index contributed by atoms with van der Waals surface area (Å²) in [5, 5.41) is -1.25. The predicted octanol–water partition coefficient (Wildman–Crippen LogP) is 4.02. The molecule has 0 spiro atoms. The van der Waals surface area contributed by atoms with E-state index in [-0.39, 0.29) is 0 Å². The van der Waals surface area contributed by atoms with E-state index in [4.69, 9.17) is 34.8 Å². The predicted molar refractivity (Wildman–Crippen MR) is 55.8 cm³/mol. The van der Waals surface area contributed by atoms with Gasteiger partial charge in [-0.1, -0.05) is 23.2 Å². The van der Waals surface area contributed by atoms with Gasteiger partial charge in [-0.25, -0.2) is 13.2 Å². The molecule has 0 unspecified atom stereocenters. The number of hydrogen-bond acceptors (Lipinski definition) is 1. The molecule has 1 aromatic rings. The first kappa shape index (κ1) is 13.4. The first-order valence-corrected chi connectivity index (χ1v) is 4.88. The Morgan fingerprint density at radius 2 is 1.44 bits per heavy atom. The van der Waals surface area contributed by atoms with Gasteiger partial charge >= 0.3 is 0 Å². The second kappa shape index (κ2) is 5.08. The van der Waals surface area contributed by atoms with Gasteiger partial charge in [-0.3, -0.25) is 4.79 Å². The third-order valence-corrected chi connectivity index (χ3v) is 2.21. The van der Waals surface area contributed by atoms with E-state index < -0.39 is 38.3 Å². The van der Waals surface area contributed by atoms with E-state index in [1.807, 2.05) is 0 Å². The highest BCUT2D eigenvalue weighted by atomic mass is 35.5. The van der Waals surface area contributed by atoms with Crippen LogP contribution >= 0.6 is 34.8 Å². The Hall–Kier alpha value is -0.710. The molecule has 0 saturated carbocycles. The van der Waals surface area contributed by atoms with Crippen LogP contribution in [0.3, 0.4) is 0 Å². The van der Waals surface area contributed by atoms with Gasteiger partial charge in [0.05, 0.1) is 11.1 Å². The van der Waals surface area contributed by atoms with E-state index in [2.05, 4.69) is 0 Å². The van der Waals surface area contributed by atoms with Crippen LogP contribution in [0.1, 0.15) is 5.56 Å². The summed E-state index contributed by atoms with van der Waals surface area (Å²) in [4.78, 5) is 10.9. The van der Waals surface area contributed by atoms with Crippen molar-refractivity contribution in [1.29, 1.82) is 0 Å². The summed E-state index contributed by atoms with van der Waals surface area (Å²) in [6.07, 6.45) is 0. The molecule has 0 N–H and O–H groups in total. The van der Waals surface area contributed by atoms with Gasteiger partial charge in [0.15, 0.2) is 0 Å². The Morgan fingerprint density at radius 3 is 1.75 bits per heavy atom. The molecule has 0 saturated heterocycles. The molecule has 1 nitrogen and oxygen atoms in total. The number of allylic oxidation sites excluding steroid dienone is 1. The molecular formula is C9H2Cl3F3O. The van der Waals surface area contributed by atoms with Gasteiger partial charge in [0.25, 0.3) is 5.24 Å². The van der Waals surface area contributed by atoms with Gasteiger partial charge < -0.3 is 0 Å². The highest BCUT2D eigenvalue weighted by Gasteiger charge is 2.22. The van der Waals surface area contributed by atoms with Gasteiger partial charge in [-0.2, -0.15) is 0 Å². The minimum atomic E-state index is -1.32. The van der Waals surface area contributed by atoms with Crippen molar-refractivity contribution in [3.63, 3.8) is 0 Å². The maximum atomic E-state index is 13.2. The zero-order valence-electron chi connectivity index (χ0n) is 7.33. The lowest BCUT2D eigenvalue weighted by atomic mass is 10.1. The molecule has 0 bridgehead atoms. The standard InChI is InChI=1S/C9H2Cl3F3O/c10-8(11)7(9(12)16)6-4(14)1-3(13)2-5(6)15/h1-2H. The topological polar surface area (TPSA) is 17.1 Å². The Labute approximate surface area is 103 Å². The zero-order valence-corrected chi connectivity index (χ0v) is 9.60. The fraction of sp³-hybridized carbons (Fsp3) is 0. The molecule has 0 aliphatic carbocycles. The molecule has 7 heteroatoms. The van der Waals surface area contributed by atoms with E-state index in [0.717, 1.165) is 0 Å². The third kappa shape index (κ3) is 2.70. The smallest absolute Gasteiger partial charge is 0.255 e. The van der Waals surface area contributed by atoms with Crippen LogP contribution in [0, 0.1) is 17.5 Å². The molecule has 1 rings (SSSR count). The summed E-state index contributed by atoms with van der Waals surface area (Å²) in [6.45, 7) is 0.